The van der Waals surface area contributed by atoms with E-state index in [0.29, 0.717) is 25.0 Å². The average molecular weight is 277 g/mol. The smallest absolute Gasteiger partial charge is 0.222 e. The molecule has 1 N–H and O–H groups in total. The summed E-state index contributed by atoms with van der Waals surface area (Å²) in [4.78, 5) is 13.9. The average Bonchev–Trinajstić information content (AvgIpc) is 2.39. The topological polar surface area (TPSA) is 49.8 Å². The molecule has 0 atom stereocenters. The fourth-order valence-corrected chi connectivity index (χ4v) is 2.58. The fourth-order valence-electron chi connectivity index (χ4n) is 2.58. The summed E-state index contributed by atoms with van der Waals surface area (Å²) < 4.78 is 5.51. The van der Waals surface area contributed by atoms with E-state index in [-0.39, 0.29) is 11.7 Å². The molecule has 0 aliphatic heterocycles. The summed E-state index contributed by atoms with van der Waals surface area (Å²) in [6, 6.07) is 6.97. The number of nitrogens with zero attached hydrogens (tertiary/aromatic N) is 1. The Morgan fingerprint density at radius 1 is 1.35 bits per heavy atom. The highest BCUT2D eigenvalue weighted by Gasteiger charge is 2.31. The highest BCUT2D eigenvalue weighted by molar-refractivity contribution is 5.76. The largest absolute Gasteiger partial charge is 0.508 e. The monoisotopic (exact) mass is 277 g/mol. The number of phenolic OH excluding ortho intramolecular Hbond substituents is 1. The predicted molar refractivity (Wildman–Crippen MR) is 77.3 cm³/mol. The molecule has 0 radical (unpaired) electrons. The minimum absolute atomic E-state index is 0.179. The van der Waals surface area contributed by atoms with Crippen molar-refractivity contribution >= 4 is 5.91 Å². The first-order valence-electron chi connectivity index (χ1n) is 7.22. The van der Waals surface area contributed by atoms with Gasteiger partial charge in [-0.1, -0.05) is 12.1 Å². The molecule has 20 heavy (non-hydrogen) atoms. The van der Waals surface area contributed by atoms with Gasteiger partial charge in [-0.3, -0.25) is 4.79 Å². The van der Waals surface area contributed by atoms with Gasteiger partial charge in [-0.25, -0.2) is 0 Å². The Labute approximate surface area is 120 Å². The van der Waals surface area contributed by atoms with Crippen molar-refractivity contribution in [3.8, 4) is 5.75 Å². The maximum absolute atomic E-state index is 12.1. The maximum Gasteiger partial charge on any atom is 0.222 e. The molecule has 1 aromatic carbocycles. The van der Waals surface area contributed by atoms with Crippen LogP contribution < -0.4 is 0 Å². The summed E-state index contributed by atoms with van der Waals surface area (Å²) in [5.41, 5.74) is 1.03. The summed E-state index contributed by atoms with van der Waals surface area (Å²) in [7, 11) is 1.83. The lowest BCUT2D eigenvalue weighted by Gasteiger charge is -2.35. The van der Waals surface area contributed by atoms with Gasteiger partial charge in [-0.05, 0) is 43.4 Å². The van der Waals surface area contributed by atoms with E-state index in [0.717, 1.165) is 25.0 Å². The summed E-state index contributed by atoms with van der Waals surface area (Å²) in [6.45, 7) is 3.34. The zero-order valence-electron chi connectivity index (χ0n) is 12.2. The van der Waals surface area contributed by atoms with Crippen LogP contribution in [0.4, 0.5) is 0 Å². The summed E-state index contributed by atoms with van der Waals surface area (Å²) in [6.07, 6.45) is 2.98. The quantitative estimate of drug-likeness (QED) is 0.869. The molecule has 0 bridgehead atoms. The van der Waals surface area contributed by atoms with Crippen LogP contribution in [0.3, 0.4) is 0 Å². The van der Waals surface area contributed by atoms with Gasteiger partial charge >= 0.3 is 0 Å². The number of carbonyl (C=O) groups excluding carboxylic acids is 1. The van der Waals surface area contributed by atoms with Gasteiger partial charge in [0.05, 0.1) is 6.10 Å². The zero-order valence-corrected chi connectivity index (χ0v) is 12.2. The van der Waals surface area contributed by atoms with Crippen LogP contribution >= 0.6 is 0 Å². The van der Waals surface area contributed by atoms with E-state index < -0.39 is 0 Å². The third kappa shape index (κ3) is 3.97. The van der Waals surface area contributed by atoms with Gasteiger partial charge in [-0.15, -0.1) is 0 Å². The predicted octanol–water partition coefficient (Wildman–Crippen LogP) is 2.56. The van der Waals surface area contributed by atoms with Crippen molar-refractivity contribution in [2.45, 2.75) is 38.8 Å². The molecule has 4 nitrogen and oxygen atoms in total. The van der Waals surface area contributed by atoms with Gasteiger partial charge < -0.3 is 14.7 Å². The van der Waals surface area contributed by atoms with Crippen LogP contribution in [0.25, 0.3) is 0 Å². The van der Waals surface area contributed by atoms with E-state index in [1.54, 1.807) is 17.0 Å². The van der Waals surface area contributed by atoms with E-state index in [9.17, 15) is 9.90 Å². The summed E-state index contributed by atoms with van der Waals surface area (Å²) in [5.74, 6) is 0.901. The van der Waals surface area contributed by atoms with Gasteiger partial charge in [0.2, 0.25) is 5.91 Å². The minimum Gasteiger partial charge on any atom is -0.508 e. The molecule has 0 unspecified atom stereocenters. The molecule has 0 saturated heterocycles. The molecular formula is C16H23NO3. The summed E-state index contributed by atoms with van der Waals surface area (Å²) in [5, 5.41) is 9.23. The molecule has 1 aliphatic rings. The third-order valence-electron chi connectivity index (χ3n) is 3.84. The number of hydrogen-bond donors (Lipinski definition) is 1. The minimum atomic E-state index is 0.179. The molecule has 1 fully saturated rings. The Kier molecular flexibility index (Phi) is 5.01. The molecule has 4 heteroatoms. The fraction of sp³-hybridized carbons (Fsp3) is 0.562. The zero-order chi connectivity index (χ0) is 14.5. The van der Waals surface area contributed by atoms with E-state index in [1.807, 2.05) is 26.1 Å². The standard InChI is InChI=1S/C16H23NO3/c1-3-20-15-8-13(9-15)10-16(19)17(2)11-12-4-6-14(18)7-5-12/h4-7,13,15,18H,3,8-11H2,1-2H3. The van der Waals surface area contributed by atoms with Crippen molar-refractivity contribution in [1.29, 1.82) is 0 Å². The molecule has 0 aromatic heterocycles. The van der Waals surface area contributed by atoms with E-state index in [2.05, 4.69) is 0 Å². The lowest BCUT2D eigenvalue weighted by atomic mass is 9.80. The van der Waals surface area contributed by atoms with Gasteiger partial charge in [0.15, 0.2) is 0 Å². The molecule has 0 spiro atoms. The lowest BCUT2D eigenvalue weighted by molar-refractivity contribution is -0.133. The number of rotatable bonds is 6. The van der Waals surface area contributed by atoms with Crippen molar-refractivity contribution in [3.05, 3.63) is 29.8 Å². The van der Waals surface area contributed by atoms with Crippen LogP contribution in [0.1, 0.15) is 31.7 Å². The highest BCUT2D eigenvalue weighted by atomic mass is 16.5. The van der Waals surface area contributed by atoms with Crippen LogP contribution in [-0.4, -0.2) is 35.7 Å². The first-order valence-corrected chi connectivity index (χ1v) is 7.22. The number of carbonyl (C=O) groups is 1. The second-order valence-electron chi connectivity index (χ2n) is 5.54. The van der Waals surface area contributed by atoms with Crippen LogP contribution in [0.15, 0.2) is 24.3 Å². The van der Waals surface area contributed by atoms with Crippen LogP contribution in [0.2, 0.25) is 0 Å². The Balaban J connectivity index is 1.74. The highest BCUT2D eigenvalue weighted by Crippen LogP contribution is 2.33. The summed E-state index contributed by atoms with van der Waals surface area (Å²) >= 11 is 0. The number of ether oxygens (including phenoxy) is 1. The molecule has 1 amide bonds. The first kappa shape index (κ1) is 14.9. The number of amides is 1. The molecule has 0 heterocycles. The number of aromatic hydroxyl groups is 1. The Hall–Kier alpha value is -1.55. The van der Waals surface area contributed by atoms with Gasteiger partial charge in [0.25, 0.3) is 0 Å². The van der Waals surface area contributed by atoms with Crippen molar-refractivity contribution in [2.24, 2.45) is 5.92 Å². The number of hydrogen-bond acceptors (Lipinski definition) is 3. The van der Waals surface area contributed by atoms with Crippen molar-refractivity contribution < 1.29 is 14.6 Å². The molecule has 2 rings (SSSR count). The first-order chi connectivity index (χ1) is 9.58. The second-order valence-corrected chi connectivity index (χ2v) is 5.54. The molecular weight excluding hydrogens is 254 g/mol. The van der Waals surface area contributed by atoms with E-state index in [4.69, 9.17) is 4.74 Å². The van der Waals surface area contributed by atoms with E-state index >= 15 is 0 Å². The lowest BCUT2D eigenvalue weighted by Crippen LogP contribution is -2.36. The third-order valence-corrected chi connectivity index (χ3v) is 3.84. The molecule has 1 saturated carbocycles. The normalized spacial score (nSPS) is 21.3. The molecule has 1 aliphatic carbocycles. The van der Waals surface area contributed by atoms with Gasteiger partial charge in [0, 0.05) is 26.6 Å². The Bertz CT molecular complexity index is 438. The van der Waals surface area contributed by atoms with Crippen LogP contribution in [0.5, 0.6) is 5.75 Å². The van der Waals surface area contributed by atoms with Crippen LogP contribution in [-0.2, 0) is 16.1 Å². The van der Waals surface area contributed by atoms with Crippen molar-refractivity contribution in [1.82, 2.24) is 4.90 Å². The Morgan fingerprint density at radius 2 is 2.00 bits per heavy atom. The Morgan fingerprint density at radius 3 is 2.60 bits per heavy atom. The SMILES string of the molecule is CCOC1CC(CC(=O)N(C)Cc2ccc(O)cc2)C1. The van der Waals surface area contributed by atoms with Crippen LogP contribution in [0, 0.1) is 5.92 Å². The van der Waals surface area contributed by atoms with Gasteiger partial charge in [-0.2, -0.15) is 0 Å². The van der Waals surface area contributed by atoms with Crippen molar-refractivity contribution in [2.75, 3.05) is 13.7 Å². The second kappa shape index (κ2) is 6.75. The maximum atomic E-state index is 12.1. The molecule has 1 aromatic rings. The van der Waals surface area contributed by atoms with Gasteiger partial charge in [0.1, 0.15) is 5.75 Å². The molecule has 110 valence electrons. The number of phenols is 1. The number of benzene rings is 1. The van der Waals surface area contributed by atoms with Crippen molar-refractivity contribution in [3.63, 3.8) is 0 Å². The van der Waals surface area contributed by atoms with E-state index in [1.165, 1.54) is 0 Å².